The van der Waals surface area contributed by atoms with Crippen molar-refractivity contribution in [3.63, 3.8) is 0 Å². The van der Waals surface area contributed by atoms with Crippen molar-refractivity contribution in [2.45, 2.75) is 98.4 Å². The van der Waals surface area contributed by atoms with Crippen molar-refractivity contribution in [3.8, 4) is 5.69 Å². The first kappa shape index (κ1) is 27.9. The number of benzene rings is 2. The molecule has 4 rings (SSSR count). The zero-order chi connectivity index (χ0) is 26.7. The Labute approximate surface area is 231 Å². The van der Waals surface area contributed by atoms with E-state index in [9.17, 15) is 0 Å². The molecule has 0 saturated heterocycles. The van der Waals surface area contributed by atoms with Gasteiger partial charge in [-0.3, -0.25) is 0 Å². The highest BCUT2D eigenvalue weighted by Gasteiger charge is 2.15. The van der Waals surface area contributed by atoms with Gasteiger partial charge in [0.2, 0.25) is 11.2 Å². The van der Waals surface area contributed by atoms with Gasteiger partial charge in [0.05, 0.1) is 0 Å². The molecule has 2 aromatic heterocycles. The number of unbranched alkanes of at least 4 members (excludes halogenated alkanes) is 9. The zero-order valence-corrected chi connectivity index (χ0v) is 24.2. The van der Waals surface area contributed by atoms with Gasteiger partial charge >= 0.3 is 0 Å². The minimum atomic E-state index is 1.07. The number of aromatic nitrogens is 2. The predicted molar refractivity (Wildman–Crippen MR) is 165 cm³/mol. The van der Waals surface area contributed by atoms with Gasteiger partial charge in [0, 0.05) is 47.1 Å². The van der Waals surface area contributed by atoms with Gasteiger partial charge in [-0.2, -0.15) is 4.57 Å². The number of hydrogen-bond donors (Lipinski definition) is 0. The van der Waals surface area contributed by atoms with Gasteiger partial charge in [-0.05, 0) is 69.2 Å². The number of para-hydroxylation sites is 1. The van der Waals surface area contributed by atoms with Gasteiger partial charge in [0.25, 0.3) is 0 Å². The van der Waals surface area contributed by atoms with E-state index >= 15 is 0 Å². The average molecular weight is 508 g/mol. The fraction of sp³-hybridized carbons (Fsp3) is 0.417. The van der Waals surface area contributed by atoms with Gasteiger partial charge in [0.1, 0.15) is 6.54 Å². The summed E-state index contributed by atoms with van der Waals surface area (Å²) in [5.74, 6) is 0. The molecule has 2 aromatic carbocycles. The second-order valence-electron chi connectivity index (χ2n) is 11.0. The molecule has 0 bridgehead atoms. The minimum absolute atomic E-state index is 1.07. The molecule has 38 heavy (non-hydrogen) atoms. The molecule has 0 aliphatic rings. The Morgan fingerprint density at radius 3 is 2.08 bits per heavy atom. The molecule has 0 aliphatic heterocycles. The van der Waals surface area contributed by atoms with Crippen LogP contribution in [0.4, 0.5) is 0 Å². The van der Waals surface area contributed by atoms with Crippen molar-refractivity contribution in [1.82, 2.24) is 4.57 Å². The molecule has 0 unspecified atom stereocenters. The van der Waals surface area contributed by atoms with Crippen LogP contribution in [0.25, 0.3) is 28.7 Å². The molecule has 0 atom stereocenters. The Morgan fingerprint density at radius 2 is 1.37 bits per heavy atom. The first-order valence-corrected chi connectivity index (χ1v) is 14.9. The quantitative estimate of drug-likeness (QED) is 0.119. The highest BCUT2D eigenvalue weighted by Crippen LogP contribution is 2.23. The highest BCUT2D eigenvalue weighted by atomic mass is 15.0. The summed E-state index contributed by atoms with van der Waals surface area (Å²) in [7, 11) is 0. The van der Waals surface area contributed by atoms with Crippen molar-refractivity contribution in [2.75, 3.05) is 0 Å². The summed E-state index contributed by atoms with van der Waals surface area (Å²) in [4.78, 5) is 0. The normalized spacial score (nSPS) is 11.7. The van der Waals surface area contributed by atoms with E-state index in [1.807, 2.05) is 0 Å². The maximum absolute atomic E-state index is 2.53. The van der Waals surface area contributed by atoms with Crippen LogP contribution in [-0.4, -0.2) is 4.57 Å². The number of nitrogens with zero attached hydrogens (tertiary/aromatic N) is 2. The number of aryl methyl sites for hydroxylation is 3. The van der Waals surface area contributed by atoms with Crippen molar-refractivity contribution >= 4 is 23.1 Å². The van der Waals surface area contributed by atoms with Crippen LogP contribution in [0.15, 0.2) is 66.7 Å². The fourth-order valence-electron chi connectivity index (χ4n) is 5.72. The Balaban J connectivity index is 1.47. The molecule has 2 nitrogen and oxygen atoms in total. The lowest BCUT2D eigenvalue weighted by atomic mass is 10.1. The van der Waals surface area contributed by atoms with E-state index in [2.05, 4.69) is 116 Å². The van der Waals surface area contributed by atoms with Gasteiger partial charge in [-0.1, -0.05) is 88.1 Å². The molecule has 0 fully saturated rings. The Kier molecular flexibility index (Phi) is 10.4. The smallest absolute Gasteiger partial charge is 0.212 e. The van der Waals surface area contributed by atoms with E-state index in [1.54, 1.807) is 0 Å². The van der Waals surface area contributed by atoms with Gasteiger partial charge in [0.15, 0.2) is 0 Å². The van der Waals surface area contributed by atoms with Gasteiger partial charge in [-0.25, -0.2) is 0 Å². The number of fused-ring (bicyclic) bond motifs is 1. The van der Waals surface area contributed by atoms with Crippen molar-refractivity contribution in [3.05, 3.63) is 94.9 Å². The molecule has 0 N–H and O–H groups in total. The van der Waals surface area contributed by atoms with Crippen molar-refractivity contribution in [2.24, 2.45) is 0 Å². The van der Waals surface area contributed by atoms with Crippen molar-refractivity contribution in [1.29, 1.82) is 0 Å². The van der Waals surface area contributed by atoms with Crippen molar-refractivity contribution < 1.29 is 4.57 Å². The molecular formula is C36H47N2+. The first-order chi connectivity index (χ1) is 18.6. The molecule has 0 saturated carbocycles. The Morgan fingerprint density at radius 1 is 0.684 bits per heavy atom. The van der Waals surface area contributed by atoms with E-state index in [-0.39, 0.29) is 0 Å². The molecule has 2 heteroatoms. The summed E-state index contributed by atoms with van der Waals surface area (Å²) in [6.45, 7) is 9.96. The molecule has 4 aromatic rings. The van der Waals surface area contributed by atoms with Crippen LogP contribution in [-0.2, 0) is 6.54 Å². The zero-order valence-electron chi connectivity index (χ0n) is 24.2. The first-order valence-electron chi connectivity index (χ1n) is 14.9. The molecule has 0 aliphatic carbocycles. The number of pyridine rings is 1. The van der Waals surface area contributed by atoms with E-state index in [0.29, 0.717) is 0 Å². The molecule has 0 amide bonds. The Hall–Kier alpha value is -3.13. The Bertz CT molecular complexity index is 1330. The van der Waals surface area contributed by atoms with Crippen LogP contribution >= 0.6 is 0 Å². The standard InChI is InChI=1S/C36H47N2/c1-5-6-7-8-9-10-11-12-13-17-26-37-34(24-22-33-27-29(2)20-25-36(33)37)23-21-32-28-30(3)38(31(32)4)35-18-15-14-16-19-35/h14-16,18-25,27-28H,5-13,17,26H2,1-4H3/q+1. The van der Waals surface area contributed by atoms with E-state index in [1.165, 1.54) is 109 Å². The minimum Gasteiger partial charge on any atom is -0.318 e. The average Bonchev–Trinajstić information content (AvgIpc) is 3.21. The maximum atomic E-state index is 2.53. The highest BCUT2D eigenvalue weighted by molar-refractivity contribution is 5.78. The van der Waals surface area contributed by atoms with Crippen LogP contribution in [0.1, 0.15) is 99.3 Å². The lowest BCUT2D eigenvalue weighted by molar-refractivity contribution is -0.673. The third-order valence-corrected chi connectivity index (χ3v) is 7.87. The maximum Gasteiger partial charge on any atom is 0.212 e. The topological polar surface area (TPSA) is 8.81 Å². The monoisotopic (exact) mass is 507 g/mol. The molecule has 2 heterocycles. The van der Waals surface area contributed by atoms with Crippen LogP contribution in [0.3, 0.4) is 0 Å². The summed E-state index contributed by atoms with van der Waals surface area (Å²) in [5, 5.41) is 1.33. The number of hydrogen-bond acceptors (Lipinski definition) is 0. The second-order valence-corrected chi connectivity index (χ2v) is 11.0. The second kappa shape index (κ2) is 14.1. The molecular weight excluding hydrogens is 460 g/mol. The van der Waals surface area contributed by atoms with Gasteiger partial charge < -0.3 is 4.57 Å². The largest absolute Gasteiger partial charge is 0.318 e. The predicted octanol–water partition coefficient (Wildman–Crippen LogP) is 9.93. The van der Waals surface area contributed by atoms with E-state index in [4.69, 9.17) is 0 Å². The van der Waals surface area contributed by atoms with E-state index in [0.717, 1.165) is 6.54 Å². The molecule has 0 radical (unpaired) electrons. The third kappa shape index (κ3) is 7.25. The lowest BCUT2D eigenvalue weighted by Gasteiger charge is -2.09. The summed E-state index contributed by atoms with van der Waals surface area (Å²) in [6.07, 6.45) is 18.3. The summed E-state index contributed by atoms with van der Waals surface area (Å²) in [5.41, 5.74) is 8.98. The van der Waals surface area contributed by atoms with Crippen LogP contribution in [0, 0.1) is 20.8 Å². The van der Waals surface area contributed by atoms with Crippen LogP contribution in [0.5, 0.6) is 0 Å². The van der Waals surface area contributed by atoms with Crippen LogP contribution < -0.4 is 4.57 Å². The molecule has 200 valence electrons. The summed E-state index contributed by atoms with van der Waals surface area (Å²) in [6, 6.07) is 24.4. The summed E-state index contributed by atoms with van der Waals surface area (Å²) >= 11 is 0. The molecule has 0 spiro atoms. The van der Waals surface area contributed by atoms with Crippen LogP contribution in [0.2, 0.25) is 0 Å². The van der Waals surface area contributed by atoms with E-state index < -0.39 is 0 Å². The van der Waals surface area contributed by atoms with Gasteiger partial charge in [-0.15, -0.1) is 0 Å². The third-order valence-electron chi connectivity index (χ3n) is 7.87. The lowest BCUT2D eigenvalue weighted by Crippen LogP contribution is -2.38. The fourth-order valence-corrected chi connectivity index (χ4v) is 5.72. The number of rotatable bonds is 14. The SMILES string of the molecule is CCCCCCCCCCCC[n+]1c(/C=C/c2cc(C)n(-c3ccccc3)c2C)ccc2cc(C)ccc21. The summed E-state index contributed by atoms with van der Waals surface area (Å²) < 4.78 is 4.88.